The Hall–Kier alpha value is -0.560. The number of alkyl halides is 1. The summed E-state index contributed by atoms with van der Waals surface area (Å²) in [6, 6.07) is 6.89. The molecule has 0 saturated heterocycles. The van der Waals surface area contributed by atoms with E-state index in [9.17, 15) is 4.39 Å². The molecule has 1 aromatic carbocycles. The highest BCUT2D eigenvalue weighted by Crippen LogP contribution is 2.31. The summed E-state index contributed by atoms with van der Waals surface area (Å²) in [7, 11) is 0. The summed E-state index contributed by atoms with van der Waals surface area (Å²) >= 11 is 5.94. The van der Waals surface area contributed by atoms with Crippen LogP contribution >= 0.6 is 11.6 Å². The molecule has 0 spiro atoms. The van der Waals surface area contributed by atoms with Gasteiger partial charge in [-0.2, -0.15) is 0 Å². The largest absolute Gasteiger partial charge is 0.207 e. The third kappa shape index (κ3) is 2.71. The molecule has 0 aliphatic carbocycles. The number of halogens is 2. The number of hydrogen-bond donors (Lipinski definition) is 0. The molecule has 0 aliphatic heterocycles. The van der Waals surface area contributed by atoms with Gasteiger partial charge >= 0.3 is 0 Å². The summed E-state index contributed by atoms with van der Waals surface area (Å²) in [6.07, 6.45) is 0.773. The summed E-state index contributed by atoms with van der Waals surface area (Å²) < 4.78 is 13.5. The average molecular weight is 215 g/mol. The summed E-state index contributed by atoms with van der Waals surface area (Å²) in [5, 5.41) is 0.0598. The Bertz CT molecular complexity index is 305. The normalized spacial score (nSPS) is 14.1. The van der Waals surface area contributed by atoms with E-state index < -0.39 is 0 Å². The van der Waals surface area contributed by atoms with E-state index in [1.807, 2.05) is 32.9 Å². The second-order valence-electron chi connectivity index (χ2n) is 4.35. The first-order chi connectivity index (χ1) is 6.43. The van der Waals surface area contributed by atoms with Crippen LogP contribution in [0.5, 0.6) is 0 Å². The zero-order valence-corrected chi connectivity index (χ0v) is 9.61. The maximum absolute atomic E-state index is 13.5. The van der Waals surface area contributed by atoms with E-state index >= 15 is 0 Å². The van der Waals surface area contributed by atoms with Crippen molar-refractivity contribution in [3.05, 3.63) is 35.6 Å². The van der Waals surface area contributed by atoms with Gasteiger partial charge in [0.25, 0.3) is 0 Å². The molecule has 2 heteroatoms. The second kappa shape index (κ2) is 4.31. The van der Waals surface area contributed by atoms with Crippen LogP contribution in [-0.4, -0.2) is 5.38 Å². The lowest BCUT2D eigenvalue weighted by Gasteiger charge is -2.26. The van der Waals surface area contributed by atoms with Crippen molar-refractivity contribution in [2.75, 3.05) is 0 Å². The highest BCUT2D eigenvalue weighted by molar-refractivity contribution is 6.20. The summed E-state index contributed by atoms with van der Waals surface area (Å²) in [5.74, 6) is -0.144. The fourth-order valence-corrected chi connectivity index (χ4v) is 2.21. The molecular formula is C12H16ClF. The first-order valence-corrected chi connectivity index (χ1v) is 5.26. The Morgan fingerprint density at radius 3 is 2.43 bits per heavy atom. The molecule has 1 unspecified atom stereocenters. The molecule has 0 nitrogen and oxygen atoms in total. The molecular weight excluding hydrogens is 199 g/mol. The molecule has 0 radical (unpaired) electrons. The van der Waals surface area contributed by atoms with Crippen molar-refractivity contribution in [3.8, 4) is 0 Å². The summed E-state index contributed by atoms with van der Waals surface area (Å²) in [4.78, 5) is 0. The molecule has 0 bridgehead atoms. The van der Waals surface area contributed by atoms with Gasteiger partial charge in [0.2, 0.25) is 0 Å². The smallest absolute Gasteiger partial charge is 0.126 e. The van der Waals surface area contributed by atoms with Gasteiger partial charge in [0, 0.05) is 5.38 Å². The van der Waals surface area contributed by atoms with E-state index in [0.29, 0.717) is 0 Å². The molecule has 0 aromatic heterocycles. The van der Waals surface area contributed by atoms with Crippen LogP contribution in [0.15, 0.2) is 24.3 Å². The van der Waals surface area contributed by atoms with Crippen LogP contribution in [0.4, 0.5) is 4.39 Å². The van der Waals surface area contributed by atoms with Crippen LogP contribution in [0.3, 0.4) is 0 Å². The number of hydrogen-bond acceptors (Lipinski definition) is 0. The van der Waals surface area contributed by atoms with Gasteiger partial charge in [-0.1, -0.05) is 32.0 Å². The van der Waals surface area contributed by atoms with Crippen molar-refractivity contribution in [1.82, 2.24) is 0 Å². The molecule has 0 fully saturated rings. The quantitative estimate of drug-likeness (QED) is 0.664. The Morgan fingerprint density at radius 1 is 1.36 bits per heavy atom. The first-order valence-electron chi connectivity index (χ1n) is 4.82. The first kappa shape index (κ1) is 11.5. The fraction of sp³-hybridized carbons (Fsp3) is 0.500. The van der Waals surface area contributed by atoms with Crippen LogP contribution < -0.4 is 0 Å². The van der Waals surface area contributed by atoms with Gasteiger partial charge in [0.05, 0.1) is 0 Å². The van der Waals surface area contributed by atoms with E-state index in [2.05, 4.69) is 0 Å². The van der Waals surface area contributed by atoms with Crippen molar-refractivity contribution >= 4 is 11.6 Å². The van der Waals surface area contributed by atoms with Crippen molar-refractivity contribution in [3.63, 3.8) is 0 Å². The van der Waals surface area contributed by atoms with E-state index in [4.69, 9.17) is 11.6 Å². The van der Waals surface area contributed by atoms with Crippen LogP contribution in [0, 0.1) is 5.82 Å². The lowest BCUT2D eigenvalue weighted by atomic mass is 9.80. The Morgan fingerprint density at radius 2 is 1.93 bits per heavy atom. The van der Waals surface area contributed by atoms with Gasteiger partial charge in [0.15, 0.2) is 0 Å². The van der Waals surface area contributed by atoms with Gasteiger partial charge in [-0.3, -0.25) is 0 Å². The van der Waals surface area contributed by atoms with Crippen molar-refractivity contribution in [1.29, 1.82) is 0 Å². The minimum absolute atomic E-state index is 0.0598. The molecule has 1 aromatic rings. The third-order valence-corrected chi connectivity index (χ3v) is 2.55. The molecule has 1 atom stereocenters. The van der Waals surface area contributed by atoms with Crippen LogP contribution in [-0.2, 0) is 5.41 Å². The fourth-order valence-electron chi connectivity index (χ4n) is 1.82. The van der Waals surface area contributed by atoms with Crippen LogP contribution in [0.25, 0.3) is 0 Å². The Balaban J connectivity index is 2.97. The molecule has 0 heterocycles. The van der Waals surface area contributed by atoms with Crippen LogP contribution in [0.1, 0.15) is 32.8 Å². The highest BCUT2D eigenvalue weighted by atomic mass is 35.5. The minimum atomic E-state index is -0.202. The maximum atomic E-state index is 13.5. The van der Waals surface area contributed by atoms with Crippen molar-refractivity contribution < 1.29 is 4.39 Å². The lowest BCUT2D eigenvalue weighted by molar-refractivity contribution is 0.448. The maximum Gasteiger partial charge on any atom is 0.126 e. The van der Waals surface area contributed by atoms with Crippen molar-refractivity contribution in [2.24, 2.45) is 0 Å². The Kier molecular flexibility index (Phi) is 3.54. The average Bonchev–Trinajstić information content (AvgIpc) is 2.02. The molecule has 0 amide bonds. The minimum Gasteiger partial charge on any atom is -0.207 e. The zero-order valence-electron chi connectivity index (χ0n) is 8.85. The van der Waals surface area contributed by atoms with Gasteiger partial charge in [0.1, 0.15) is 5.82 Å². The zero-order chi connectivity index (χ0) is 10.8. The Labute approximate surface area is 90.1 Å². The summed E-state index contributed by atoms with van der Waals surface area (Å²) in [5.41, 5.74) is 0.541. The van der Waals surface area contributed by atoms with E-state index in [0.717, 1.165) is 12.0 Å². The van der Waals surface area contributed by atoms with Gasteiger partial charge in [-0.15, -0.1) is 11.6 Å². The van der Waals surface area contributed by atoms with Crippen molar-refractivity contribution in [2.45, 2.75) is 38.0 Å². The molecule has 0 N–H and O–H groups in total. The van der Waals surface area contributed by atoms with E-state index in [1.165, 1.54) is 6.07 Å². The third-order valence-electron chi connectivity index (χ3n) is 2.39. The van der Waals surface area contributed by atoms with Crippen LogP contribution in [0.2, 0.25) is 0 Å². The molecule has 78 valence electrons. The molecule has 1 rings (SSSR count). The SMILES string of the molecule is CC(Cl)CC(C)(C)c1ccccc1F. The van der Waals surface area contributed by atoms with Gasteiger partial charge in [-0.25, -0.2) is 4.39 Å². The van der Waals surface area contributed by atoms with Gasteiger partial charge < -0.3 is 0 Å². The standard InChI is InChI=1S/C12H16ClF/c1-9(13)8-12(2,3)10-6-4-5-7-11(10)14/h4-7,9H,8H2,1-3H3. The lowest BCUT2D eigenvalue weighted by Crippen LogP contribution is -2.22. The van der Waals surface area contributed by atoms with E-state index in [1.54, 1.807) is 6.07 Å². The molecule has 14 heavy (non-hydrogen) atoms. The highest BCUT2D eigenvalue weighted by Gasteiger charge is 2.25. The molecule has 0 saturated carbocycles. The summed E-state index contributed by atoms with van der Waals surface area (Å²) in [6.45, 7) is 5.97. The molecule has 0 aliphatic rings. The predicted octanol–water partition coefficient (Wildman–Crippen LogP) is 4.12. The second-order valence-corrected chi connectivity index (χ2v) is 5.09. The topological polar surface area (TPSA) is 0 Å². The monoisotopic (exact) mass is 214 g/mol. The number of rotatable bonds is 3. The predicted molar refractivity (Wildman–Crippen MR) is 59.4 cm³/mol. The van der Waals surface area contributed by atoms with E-state index in [-0.39, 0.29) is 16.6 Å². The number of benzene rings is 1. The van der Waals surface area contributed by atoms with Gasteiger partial charge in [-0.05, 0) is 30.4 Å².